The molecule has 9 heteroatoms. The number of hydrogen-bond donors (Lipinski definition) is 3. The summed E-state index contributed by atoms with van der Waals surface area (Å²) in [7, 11) is 0. The van der Waals surface area contributed by atoms with Crippen molar-refractivity contribution in [3.05, 3.63) is 46.0 Å². The Balaban J connectivity index is 2.23. The molecule has 0 aliphatic heterocycles. The molecule has 0 heterocycles. The van der Waals surface area contributed by atoms with Gasteiger partial charge in [0.2, 0.25) is 0 Å². The maximum absolute atomic E-state index is 11.7. The smallest absolute Gasteiger partial charge is 0.323 e. The lowest BCUT2D eigenvalue weighted by molar-refractivity contribution is -0.525. The molecule has 120 valence electrons. The average molecular weight is 309 g/mol. The molecular formula is C13H19N5O4. The lowest BCUT2D eigenvalue weighted by Crippen LogP contribution is -2.36. The summed E-state index contributed by atoms with van der Waals surface area (Å²) in [4.78, 5) is 25.5. The third-order valence-electron chi connectivity index (χ3n) is 2.69. The molecule has 0 radical (unpaired) electrons. The minimum atomic E-state index is -0.800. The predicted molar refractivity (Wildman–Crippen MR) is 80.1 cm³/mol. The number of rotatable bonds is 8. The number of aliphatic imine (C=N–C) groups is 1. The number of carbonyl (C=O) groups excluding carboxylic acids is 1. The zero-order valence-electron chi connectivity index (χ0n) is 12.0. The summed E-state index contributed by atoms with van der Waals surface area (Å²) in [5.41, 5.74) is 13.5. The monoisotopic (exact) mass is 309 g/mol. The summed E-state index contributed by atoms with van der Waals surface area (Å²) in [6, 6.07) is 8.51. The fourth-order valence-corrected chi connectivity index (χ4v) is 1.59. The molecule has 0 aliphatic carbocycles. The highest BCUT2D eigenvalue weighted by Crippen LogP contribution is 2.03. The van der Waals surface area contributed by atoms with Crippen LogP contribution in [0.5, 0.6) is 0 Å². The van der Waals surface area contributed by atoms with Crippen molar-refractivity contribution >= 4 is 11.9 Å². The molecule has 0 aliphatic rings. The molecule has 1 unspecified atom stereocenters. The Morgan fingerprint density at radius 3 is 2.73 bits per heavy atom. The van der Waals surface area contributed by atoms with Crippen LogP contribution in [0.15, 0.2) is 35.3 Å². The molecule has 0 amide bonds. The van der Waals surface area contributed by atoms with Gasteiger partial charge < -0.3 is 16.2 Å². The second-order valence-corrected chi connectivity index (χ2v) is 4.48. The van der Waals surface area contributed by atoms with Gasteiger partial charge in [0.05, 0.1) is 0 Å². The number of carbonyl (C=O) groups is 1. The quantitative estimate of drug-likeness (QED) is 0.152. The molecule has 0 saturated carbocycles. The maximum atomic E-state index is 11.7. The van der Waals surface area contributed by atoms with Crippen LogP contribution in [0.25, 0.3) is 0 Å². The van der Waals surface area contributed by atoms with E-state index in [1.54, 1.807) is 5.43 Å². The van der Waals surface area contributed by atoms with E-state index in [0.717, 1.165) is 5.56 Å². The largest absolute Gasteiger partial charge is 0.460 e. The Morgan fingerprint density at radius 1 is 1.41 bits per heavy atom. The third kappa shape index (κ3) is 7.20. The summed E-state index contributed by atoms with van der Waals surface area (Å²) in [5, 5.41) is 9.28. The van der Waals surface area contributed by atoms with E-state index in [4.69, 9.17) is 16.2 Å². The van der Waals surface area contributed by atoms with Gasteiger partial charge in [0.1, 0.15) is 12.6 Å². The van der Waals surface area contributed by atoms with Gasteiger partial charge in [0.15, 0.2) is 5.03 Å². The van der Waals surface area contributed by atoms with E-state index in [-0.39, 0.29) is 19.1 Å². The molecule has 0 saturated heterocycles. The van der Waals surface area contributed by atoms with E-state index in [1.165, 1.54) is 0 Å². The Labute approximate surface area is 127 Å². The number of nitrogens with one attached hydrogen (secondary N) is 1. The first-order valence-corrected chi connectivity index (χ1v) is 6.66. The molecule has 0 aromatic heterocycles. The fourth-order valence-electron chi connectivity index (χ4n) is 1.59. The number of ether oxygens (including phenoxy) is 1. The van der Waals surface area contributed by atoms with Gasteiger partial charge in [0.25, 0.3) is 5.96 Å². The van der Waals surface area contributed by atoms with Crippen LogP contribution in [0.1, 0.15) is 18.4 Å². The Morgan fingerprint density at radius 2 is 2.09 bits per heavy atom. The number of nitrogens with zero attached hydrogens (tertiary/aromatic N) is 2. The summed E-state index contributed by atoms with van der Waals surface area (Å²) < 4.78 is 5.09. The van der Waals surface area contributed by atoms with Crippen molar-refractivity contribution in [2.24, 2.45) is 16.5 Å². The molecule has 0 spiro atoms. The molecular weight excluding hydrogens is 290 g/mol. The molecule has 0 bridgehead atoms. The van der Waals surface area contributed by atoms with Crippen LogP contribution in [0.4, 0.5) is 0 Å². The van der Waals surface area contributed by atoms with Crippen LogP contribution in [0.3, 0.4) is 0 Å². The summed E-state index contributed by atoms with van der Waals surface area (Å²) in [5.74, 6) is -0.783. The van der Waals surface area contributed by atoms with E-state index in [9.17, 15) is 14.9 Å². The first-order chi connectivity index (χ1) is 10.5. The molecule has 1 rings (SSSR count). The van der Waals surface area contributed by atoms with Gasteiger partial charge in [-0.05, 0) is 18.4 Å². The lowest BCUT2D eigenvalue weighted by atomic mass is 10.1. The number of nitrogens with two attached hydrogens (primary N) is 2. The molecule has 1 atom stereocenters. The topological polar surface area (TPSA) is 146 Å². The van der Waals surface area contributed by atoms with Gasteiger partial charge in [-0.15, -0.1) is 0 Å². The van der Waals surface area contributed by atoms with E-state index in [0.29, 0.717) is 12.8 Å². The normalized spacial score (nSPS) is 12.5. The van der Waals surface area contributed by atoms with Crippen LogP contribution < -0.4 is 16.9 Å². The number of nitro groups is 1. The second-order valence-electron chi connectivity index (χ2n) is 4.48. The zero-order valence-corrected chi connectivity index (χ0v) is 12.0. The third-order valence-corrected chi connectivity index (χ3v) is 2.69. The summed E-state index contributed by atoms with van der Waals surface area (Å²) in [6.07, 6.45) is 0.810. The van der Waals surface area contributed by atoms with Crippen LogP contribution >= 0.6 is 0 Å². The van der Waals surface area contributed by atoms with E-state index >= 15 is 0 Å². The van der Waals surface area contributed by atoms with E-state index in [1.807, 2.05) is 30.3 Å². The zero-order chi connectivity index (χ0) is 16.4. The van der Waals surface area contributed by atoms with Crippen LogP contribution in [0.2, 0.25) is 0 Å². The average Bonchev–Trinajstić information content (AvgIpc) is 2.49. The first kappa shape index (κ1) is 17.4. The minimum absolute atomic E-state index is 0.172. The van der Waals surface area contributed by atoms with Crippen molar-refractivity contribution in [1.82, 2.24) is 5.43 Å². The SMILES string of the molecule is NC(=NCCCC(N)C(=O)OCc1ccccc1)N[N+](=O)[O-]. The lowest BCUT2D eigenvalue weighted by Gasteiger charge is -2.10. The molecule has 5 N–H and O–H groups in total. The number of esters is 1. The van der Waals surface area contributed by atoms with Crippen molar-refractivity contribution in [1.29, 1.82) is 0 Å². The minimum Gasteiger partial charge on any atom is -0.460 e. The summed E-state index contributed by atoms with van der Waals surface area (Å²) >= 11 is 0. The summed E-state index contributed by atoms with van der Waals surface area (Å²) in [6.45, 7) is 0.400. The van der Waals surface area contributed by atoms with Gasteiger partial charge >= 0.3 is 5.97 Å². The van der Waals surface area contributed by atoms with Gasteiger partial charge in [-0.1, -0.05) is 35.8 Å². The molecule has 22 heavy (non-hydrogen) atoms. The van der Waals surface area contributed by atoms with Gasteiger partial charge in [0, 0.05) is 6.54 Å². The van der Waals surface area contributed by atoms with Crippen molar-refractivity contribution in [3.63, 3.8) is 0 Å². The van der Waals surface area contributed by atoms with Crippen LogP contribution in [-0.2, 0) is 16.1 Å². The van der Waals surface area contributed by atoms with Gasteiger partial charge in [-0.3, -0.25) is 4.79 Å². The molecule has 9 nitrogen and oxygen atoms in total. The predicted octanol–water partition coefficient (Wildman–Crippen LogP) is -0.0667. The number of guanidine groups is 1. The molecule has 1 aromatic rings. The highest BCUT2D eigenvalue weighted by Gasteiger charge is 2.14. The molecule has 0 fully saturated rings. The fraction of sp³-hybridized carbons (Fsp3) is 0.385. The molecule has 1 aromatic carbocycles. The van der Waals surface area contributed by atoms with E-state index in [2.05, 4.69) is 4.99 Å². The van der Waals surface area contributed by atoms with Crippen molar-refractivity contribution < 1.29 is 14.6 Å². The number of hydrogen-bond acceptors (Lipinski definition) is 6. The first-order valence-electron chi connectivity index (χ1n) is 6.66. The maximum Gasteiger partial charge on any atom is 0.323 e. The standard InChI is InChI=1S/C13H19N5O4/c14-11(7-4-8-16-13(15)17-18(20)21)12(19)22-9-10-5-2-1-3-6-10/h1-3,5-6,11H,4,7-9,14H2,(H3,15,16,17). The van der Waals surface area contributed by atoms with Crippen molar-refractivity contribution in [3.8, 4) is 0 Å². The van der Waals surface area contributed by atoms with Crippen molar-refractivity contribution in [2.75, 3.05) is 6.54 Å². The number of benzene rings is 1. The Hall–Kier alpha value is -2.68. The van der Waals surface area contributed by atoms with Crippen molar-refractivity contribution in [2.45, 2.75) is 25.5 Å². The highest BCUT2D eigenvalue weighted by atomic mass is 16.7. The Kier molecular flexibility index (Phi) is 7.34. The second kappa shape index (κ2) is 9.29. The highest BCUT2D eigenvalue weighted by molar-refractivity contribution is 5.76. The van der Waals surface area contributed by atoms with Crippen LogP contribution in [0, 0.1) is 10.1 Å². The van der Waals surface area contributed by atoms with Gasteiger partial charge in [-0.2, -0.15) is 0 Å². The van der Waals surface area contributed by atoms with E-state index < -0.39 is 17.0 Å². The van der Waals surface area contributed by atoms with Gasteiger partial charge in [-0.25, -0.2) is 15.1 Å². The number of hydrazine groups is 1. The Bertz CT molecular complexity index is 520. The van der Waals surface area contributed by atoms with Crippen LogP contribution in [-0.4, -0.2) is 29.5 Å².